The zero-order valence-electron chi connectivity index (χ0n) is 17.0. The monoisotopic (exact) mass is 342 g/mol. The van der Waals surface area contributed by atoms with Gasteiger partial charge in [0.25, 0.3) is 0 Å². The Morgan fingerprint density at radius 2 is 1.62 bits per heavy atom. The van der Waals surface area contributed by atoms with Crippen LogP contribution in [0.1, 0.15) is 81.1 Å². The average molecular weight is 343 g/mol. The van der Waals surface area contributed by atoms with E-state index in [4.69, 9.17) is 9.47 Å². The Balaban J connectivity index is 5.22. The second-order valence-electron chi connectivity index (χ2n) is 7.80. The first-order valence-corrected chi connectivity index (χ1v) is 9.49. The molecule has 0 rings (SSSR count). The Labute approximate surface area is 148 Å². The van der Waals surface area contributed by atoms with Crippen LogP contribution in [0.2, 0.25) is 0 Å². The maximum absolute atomic E-state index is 12.8. The number of ether oxygens (including phenoxy) is 2. The predicted octanol–water partition coefficient (Wildman–Crippen LogP) is 5.00. The molecule has 0 aliphatic rings. The van der Waals surface area contributed by atoms with Gasteiger partial charge >= 0.3 is 11.9 Å². The average Bonchev–Trinajstić information content (AvgIpc) is 2.49. The zero-order chi connectivity index (χ0) is 18.9. The largest absolute Gasteiger partial charge is 0.463 e. The summed E-state index contributed by atoms with van der Waals surface area (Å²) < 4.78 is 10.8. The smallest absolute Gasteiger partial charge is 0.347 e. The zero-order valence-corrected chi connectivity index (χ0v) is 17.0. The van der Waals surface area contributed by atoms with Gasteiger partial charge in [-0.25, -0.2) is 4.79 Å². The minimum Gasteiger partial charge on any atom is -0.463 e. The molecule has 0 fully saturated rings. The van der Waals surface area contributed by atoms with Crippen molar-refractivity contribution in [2.45, 2.75) is 87.2 Å². The van der Waals surface area contributed by atoms with Crippen molar-refractivity contribution < 1.29 is 19.1 Å². The van der Waals surface area contributed by atoms with E-state index in [9.17, 15) is 9.59 Å². The van der Waals surface area contributed by atoms with E-state index in [1.807, 2.05) is 20.8 Å². The van der Waals surface area contributed by atoms with Gasteiger partial charge in [0.15, 0.2) is 0 Å². The molecule has 0 N–H and O–H groups in total. The van der Waals surface area contributed by atoms with Crippen LogP contribution in [0.25, 0.3) is 0 Å². The summed E-state index contributed by atoms with van der Waals surface area (Å²) in [5, 5.41) is 0. The minimum absolute atomic E-state index is 0.0426. The lowest BCUT2D eigenvalue weighted by Gasteiger charge is -2.34. The summed E-state index contributed by atoms with van der Waals surface area (Å²) >= 11 is 0. The molecule has 0 aliphatic heterocycles. The number of carbonyl (C=O) groups excluding carboxylic acids is 2. The molecule has 3 atom stereocenters. The Morgan fingerprint density at radius 3 is 2.04 bits per heavy atom. The summed E-state index contributed by atoms with van der Waals surface area (Å²) in [4.78, 5) is 25.1. The highest BCUT2D eigenvalue weighted by Gasteiger charge is 2.41. The first kappa shape index (κ1) is 22.9. The number of esters is 2. The lowest BCUT2D eigenvalue weighted by molar-refractivity contribution is -0.179. The van der Waals surface area contributed by atoms with Crippen molar-refractivity contribution in [3.05, 3.63) is 0 Å². The van der Waals surface area contributed by atoms with Crippen molar-refractivity contribution in [3.63, 3.8) is 0 Å². The fraction of sp³-hybridized carbons (Fsp3) is 0.900. The Hall–Kier alpha value is -1.06. The molecule has 0 heterocycles. The fourth-order valence-corrected chi connectivity index (χ4v) is 3.20. The Bertz CT molecular complexity index is 387. The highest BCUT2D eigenvalue weighted by Crippen LogP contribution is 2.36. The van der Waals surface area contributed by atoms with Crippen LogP contribution >= 0.6 is 0 Å². The van der Waals surface area contributed by atoms with Crippen molar-refractivity contribution in [2.24, 2.45) is 23.2 Å². The maximum atomic E-state index is 12.8. The highest BCUT2D eigenvalue weighted by molar-refractivity contribution is 5.82. The van der Waals surface area contributed by atoms with E-state index in [0.717, 1.165) is 25.7 Å². The van der Waals surface area contributed by atoms with Gasteiger partial charge < -0.3 is 9.47 Å². The van der Waals surface area contributed by atoms with E-state index < -0.39 is 17.5 Å². The summed E-state index contributed by atoms with van der Waals surface area (Å²) in [5.74, 6) is -0.0225. The summed E-state index contributed by atoms with van der Waals surface area (Å²) in [7, 11) is 0. The standard InChI is InChI=1S/C20H38O4/c1-9-12-15(6)17(18(21)23-11-3)24-19(22)20(7,8)16(10-2)13-14(4)5/h14-17H,9-13H2,1-8H3. The van der Waals surface area contributed by atoms with E-state index in [2.05, 4.69) is 27.7 Å². The van der Waals surface area contributed by atoms with Crippen LogP contribution in [0.3, 0.4) is 0 Å². The van der Waals surface area contributed by atoms with Crippen LogP contribution in [0, 0.1) is 23.2 Å². The molecule has 0 saturated heterocycles. The first-order chi connectivity index (χ1) is 11.1. The van der Waals surface area contributed by atoms with Crippen LogP contribution < -0.4 is 0 Å². The van der Waals surface area contributed by atoms with Gasteiger partial charge in [-0.1, -0.05) is 47.5 Å². The molecular formula is C20H38O4. The van der Waals surface area contributed by atoms with Crippen LogP contribution in [-0.2, 0) is 19.1 Å². The highest BCUT2D eigenvalue weighted by atomic mass is 16.6. The molecule has 0 aromatic heterocycles. The molecule has 0 saturated carbocycles. The van der Waals surface area contributed by atoms with Crippen molar-refractivity contribution in [3.8, 4) is 0 Å². The van der Waals surface area contributed by atoms with Gasteiger partial charge in [-0.3, -0.25) is 4.79 Å². The van der Waals surface area contributed by atoms with Crippen molar-refractivity contribution in [1.82, 2.24) is 0 Å². The van der Waals surface area contributed by atoms with Crippen LogP contribution in [0.4, 0.5) is 0 Å². The van der Waals surface area contributed by atoms with Crippen molar-refractivity contribution >= 4 is 11.9 Å². The van der Waals surface area contributed by atoms with Gasteiger partial charge in [-0.2, -0.15) is 0 Å². The molecule has 0 aromatic carbocycles. The second kappa shape index (κ2) is 10.7. The van der Waals surface area contributed by atoms with E-state index in [0.29, 0.717) is 12.5 Å². The molecule has 142 valence electrons. The molecule has 0 amide bonds. The van der Waals surface area contributed by atoms with Crippen LogP contribution in [0.5, 0.6) is 0 Å². The molecule has 4 heteroatoms. The topological polar surface area (TPSA) is 52.6 Å². The van der Waals surface area contributed by atoms with Gasteiger partial charge in [0.1, 0.15) is 0 Å². The number of carbonyl (C=O) groups is 2. The van der Waals surface area contributed by atoms with Gasteiger partial charge in [-0.15, -0.1) is 0 Å². The van der Waals surface area contributed by atoms with E-state index in [-0.39, 0.29) is 17.8 Å². The second-order valence-corrected chi connectivity index (χ2v) is 7.80. The van der Waals surface area contributed by atoms with Crippen LogP contribution in [-0.4, -0.2) is 24.6 Å². The third-order valence-corrected chi connectivity index (χ3v) is 4.81. The van der Waals surface area contributed by atoms with Crippen LogP contribution in [0.15, 0.2) is 0 Å². The maximum Gasteiger partial charge on any atom is 0.347 e. The fourth-order valence-electron chi connectivity index (χ4n) is 3.20. The number of rotatable bonds is 11. The number of hydrogen-bond acceptors (Lipinski definition) is 4. The summed E-state index contributed by atoms with van der Waals surface area (Å²) in [6, 6.07) is 0. The normalized spacial score (nSPS) is 15.7. The molecule has 0 bridgehead atoms. The van der Waals surface area contributed by atoms with Gasteiger partial charge in [-0.05, 0) is 45.4 Å². The molecule has 0 aliphatic carbocycles. The lowest BCUT2D eigenvalue weighted by atomic mass is 9.73. The van der Waals surface area contributed by atoms with Crippen molar-refractivity contribution in [2.75, 3.05) is 6.61 Å². The third-order valence-electron chi connectivity index (χ3n) is 4.81. The quantitative estimate of drug-likeness (QED) is 0.496. The Morgan fingerprint density at radius 1 is 1.04 bits per heavy atom. The molecular weight excluding hydrogens is 304 g/mol. The predicted molar refractivity (Wildman–Crippen MR) is 97.6 cm³/mol. The summed E-state index contributed by atoms with van der Waals surface area (Å²) in [6.45, 7) is 16.3. The molecule has 24 heavy (non-hydrogen) atoms. The van der Waals surface area contributed by atoms with E-state index >= 15 is 0 Å². The van der Waals surface area contributed by atoms with Gasteiger partial charge in [0.05, 0.1) is 12.0 Å². The molecule has 0 aromatic rings. The molecule has 0 radical (unpaired) electrons. The van der Waals surface area contributed by atoms with E-state index in [1.54, 1.807) is 6.92 Å². The van der Waals surface area contributed by atoms with E-state index in [1.165, 1.54) is 0 Å². The third kappa shape index (κ3) is 6.82. The Kier molecular flexibility index (Phi) is 10.3. The minimum atomic E-state index is -0.812. The summed E-state index contributed by atoms with van der Waals surface area (Å²) in [6.07, 6.45) is 2.82. The molecule has 4 nitrogen and oxygen atoms in total. The van der Waals surface area contributed by atoms with Crippen molar-refractivity contribution in [1.29, 1.82) is 0 Å². The summed E-state index contributed by atoms with van der Waals surface area (Å²) in [5.41, 5.74) is -0.615. The molecule has 3 unspecified atom stereocenters. The lowest BCUT2D eigenvalue weighted by Crippen LogP contribution is -2.42. The van der Waals surface area contributed by atoms with Gasteiger partial charge in [0, 0.05) is 5.92 Å². The first-order valence-electron chi connectivity index (χ1n) is 9.49. The van der Waals surface area contributed by atoms with Gasteiger partial charge in [0.2, 0.25) is 6.10 Å². The number of hydrogen-bond donors (Lipinski definition) is 0. The SMILES string of the molecule is CCCC(C)C(OC(=O)C(C)(C)C(CC)CC(C)C)C(=O)OCC. The molecule has 0 spiro atoms.